The number of halogens is 1. The van der Waals surface area contributed by atoms with E-state index >= 15 is 0 Å². The number of aromatic nitrogens is 2. The van der Waals surface area contributed by atoms with Gasteiger partial charge in [-0.25, -0.2) is 0 Å². The lowest BCUT2D eigenvalue weighted by atomic mass is 10.1. The van der Waals surface area contributed by atoms with Gasteiger partial charge in [-0.1, -0.05) is 6.92 Å². The Morgan fingerprint density at radius 1 is 1.53 bits per heavy atom. The van der Waals surface area contributed by atoms with Crippen LogP contribution in [0.15, 0.2) is 0 Å². The SMILES string of the molecule is CCC(O)CCNC(=O)c1c(C)nn(CCCl)c1C. The zero-order valence-corrected chi connectivity index (χ0v) is 12.5. The Balaban J connectivity index is 2.66. The van der Waals surface area contributed by atoms with Gasteiger partial charge < -0.3 is 10.4 Å². The lowest BCUT2D eigenvalue weighted by Crippen LogP contribution is -2.28. The number of hydrogen-bond acceptors (Lipinski definition) is 3. The second kappa shape index (κ2) is 7.50. The van der Waals surface area contributed by atoms with Gasteiger partial charge in [-0.2, -0.15) is 5.10 Å². The van der Waals surface area contributed by atoms with E-state index in [0.717, 1.165) is 5.69 Å². The van der Waals surface area contributed by atoms with Crippen molar-refractivity contribution in [3.63, 3.8) is 0 Å². The average molecular weight is 288 g/mol. The molecule has 19 heavy (non-hydrogen) atoms. The number of nitrogens with one attached hydrogen (secondary N) is 1. The van der Waals surface area contributed by atoms with Crippen LogP contribution in [-0.4, -0.2) is 39.3 Å². The zero-order valence-electron chi connectivity index (χ0n) is 11.7. The molecule has 1 amide bonds. The van der Waals surface area contributed by atoms with E-state index in [9.17, 15) is 9.90 Å². The molecule has 1 unspecified atom stereocenters. The minimum absolute atomic E-state index is 0.140. The van der Waals surface area contributed by atoms with Crippen LogP contribution in [0, 0.1) is 13.8 Å². The number of carbonyl (C=O) groups excluding carboxylic acids is 1. The molecule has 0 aliphatic carbocycles. The number of alkyl halides is 1. The van der Waals surface area contributed by atoms with Crippen molar-refractivity contribution in [1.82, 2.24) is 15.1 Å². The molecule has 0 saturated heterocycles. The molecule has 0 aliphatic heterocycles. The topological polar surface area (TPSA) is 67.2 Å². The molecule has 1 heterocycles. The van der Waals surface area contributed by atoms with Gasteiger partial charge in [-0.05, 0) is 26.7 Å². The zero-order chi connectivity index (χ0) is 14.4. The fourth-order valence-electron chi connectivity index (χ4n) is 1.97. The summed E-state index contributed by atoms with van der Waals surface area (Å²) in [5, 5.41) is 16.6. The Morgan fingerprint density at radius 3 is 2.79 bits per heavy atom. The molecule has 0 aromatic carbocycles. The van der Waals surface area contributed by atoms with Crippen LogP contribution in [0.5, 0.6) is 0 Å². The molecule has 1 atom stereocenters. The molecule has 0 bridgehead atoms. The van der Waals surface area contributed by atoms with E-state index in [1.807, 2.05) is 20.8 Å². The van der Waals surface area contributed by atoms with E-state index in [4.69, 9.17) is 11.6 Å². The monoisotopic (exact) mass is 287 g/mol. The molecule has 0 radical (unpaired) electrons. The van der Waals surface area contributed by atoms with E-state index < -0.39 is 0 Å². The summed E-state index contributed by atoms with van der Waals surface area (Å²) in [6.07, 6.45) is 0.902. The number of amides is 1. The maximum absolute atomic E-state index is 12.1. The smallest absolute Gasteiger partial charge is 0.255 e. The summed E-state index contributed by atoms with van der Waals surface area (Å²) in [6, 6.07) is 0. The van der Waals surface area contributed by atoms with Gasteiger partial charge in [0.15, 0.2) is 0 Å². The predicted octanol–water partition coefficient (Wildman–Crippen LogP) is 1.63. The van der Waals surface area contributed by atoms with Gasteiger partial charge in [-0.3, -0.25) is 9.48 Å². The van der Waals surface area contributed by atoms with E-state index in [1.54, 1.807) is 4.68 Å². The van der Waals surface area contributed by atoms with Crippen LogP contribution in [0.1, 0.15) is 41.5 Å². The molecule has 1 aromatic heterocycles. The van der Waals surface area contributed by atoms with E-state index in [-0.39, 0.29) is 12.0 Å². The van der Waals surface area contributed by atoms with Gasteiger partial charge in [-0.15, -0.1) is 11.6 Å². The maximum Gasteiger partial charge on any atom is 0.255 e. The summed E-state index contributed by atoms with van der Waals surface area (Å²) in [6.45, 7) is 6.65. The van der Waals surface area contributed by atoms with Gasteiger partial charge in [0, 0.05) is 18.1 Å². The highest BCUT2D eigenvalue weighted by Crippen LogP contribution is 2.13. The highest BCUT2D eigenvalue weighted by Gasteiger charge is 2.18. The van der Waals surface area contributed by atoms with Crippen molar-refractivity contribution in [2.45, 2.75) is 46.3 Å². The summed E-state index contributed by atoms with van der Waals surface area (Å²) >= 11 is 5.69. The van der Waals surface area contributed by atoms with Crippen LogP contribution in [0.2, 0.25) is 0 Å². The molecule has 1 rings (SSSR count). The first-order valence-electron chi connectivity index (χ1n) is 6.57. The van der Waals surface area contributed by atoms with Gasteiger partial charge in [0.2, 0.25) is 0 Å². The second-order valence-corrected chi connectivity index (χ2v) is 4.94. The molecule has 0 fully saturated rings. The van der Waals surface area contributed by atoms with Crippen molar-refractivity contribution in [1.29, 1.82) is 0 Å². The molecule has 5 nitrogen and oxygen atoms in total. The molecule has 108 valence electrons. The van der Waals surface area contributed by atoms with Crippen LogP contribution in [0.3, 0.4) is 0 Å². The number of hydrogen-bond donors (Lipinski definition) is 2. The molecule has 6 heteroatoms. The summed E-state index contributed by atoms with van der Waals surface area (Å²) in [5.74, 6) is 0.324. The Hall–Kier alpha value is -1.07. The van der Waals surface area contributed by atoms with Crippen LogP contribution >= 0.6 is 11.6 Å². The number of aliphatic hydroxyl groups excluding tert-OH is 1. The van der Waals surface area contributed by atoms with Crippen molar-refractivity contribution < 1.29 is 9.90 Å². The first-order chi connectivity index (χ1) is 9.01. The highest BCUT2D eigenvalue weighted by molar-refractivity contribution is 6.17. The number of nitrogens with zero attached hydrogens (tertiary/aromatic N) is 2. The number of carbonyl (C=O) groups is 1. The summed E-state index contributed by atoms with van der Waals surface area (Å²) < 4.78 is 1.75. The number of aliphatic hydroxyl groups is 1. The van der Waals surface area contributed by atoms with Gasteiger partial charge >= 0.3 is 0 Å². The minimum atomic E-state index is -0.360. The van der Waals surface area contributed by atoms with Gasteiger partial charge in [0.1, 0.15) is 0 Å². The molecular formula is C13H22ClN3O2. The number of rotatable bonds is 7. The Labute approximate surface area is 118 Å². The van der Waals surface area contributed by atoms with Gasteiger partial charge in [0.05, 0.1) is 23.9 Å². The third-order valence-corrected chi connectivity index (χ3v) is 3.31. The minimum Gasteiger partial charge on any atom is -0.393 e. The first kappa shape index (κ1) is 16.0. The molecular weight excluding hydrogens is 266 g/mol. The van der Waals surface area contributed by atoms with Gasteiger partial charge in [0.25, 0.3) is 5.91 Å². The lowest BCUT2D eigenvalue weighted by molar-refractivity contribution is 0.0940. The Kier molecular flexibility index (Phi) is 6.31. The predicted molar refractivity (Wildman–Crippen MR) is 75.7 cm³/mol. The Bertz CT molecular complexity index is 432. The second-order valence-electron chi connectivity index (χ2n) is 4.56. The molecule has 0 spiro atoms. The van der Waals surface area contributed by atoms with Crippen LogP contribution in [0.4, 0.5) is 0 Å². The van der Waals surface area contributed by atoms with Crippen molar-refractivity contribution in [3.8, 4) is 0 Å². The van der Waals surface area contributed by atoms with Crippen LogP contribution in [-0.2, 0) is 6.54 Å². The van der Waals surface area contributed by atoms with Crippen molar-refractivity contribution >= 4 is 17.5 Å². The summed E-state index contributed by atoms with van der Waals surface area (Å²) in [4.78, 5) is 12.1. The van der Waals surface area contributed by atoms with Crippen molar-refractivity contribution in [3.05, 3.63) is 17.0 Å². The molecule has 0 saturated carbocycles. The largest absolute Gasteiger partial charge is 0.393 e. The quantitative estimate of drug-likeness (QED) is 0.749. The number of aryl methyl sites for hydroxylation is 2. The van der Waals surface area contributed by atoms with E-state index in [1.165, 1.54) is 0 Å². The van der Waals surface area contributed by atoms with Crippen molar-refractivity contribution in [2.24, 2.45) is 0 Å². The van der Waals surface area contributed by atoms with Crippen LogP contribution in [0.25, 0.3) is 0 Å². The Morgan fingerprint density at radius 2 is 2.21 bits per heavy atom. The standard InChI is InChI=1S/C13H22ClN3O2/c1-4-11(18)5-7-15-13(19)12-9(2)16-17(8-6-14)10(12)3/h11,18H,4-8H2,1-3H3,(H,15,19). The molecule has 2 N–H and O–H groups in total. The normalized spacial score (nSPS) is 12.5. The van der Waals surface area contributed by atoms with Crippen molar-refractivity contribution in [2.75, 3.05) is 12.4 Å². The molecule has 1 aromatic rings. The van der Waals surface area contributed by atoms with Crippen LogP contribution < -0.4 is 5.32 Å². The highest BCUT2D eigenvalue weighted by atomic mass is 35.5. The average Bonchev–Trinajstić information content (AvgIpc) is 2.64. The van der Waals surface area contributed by atoms with E-state index in [2.05, 4.69) is 10.4 Å². The lowest BCUT2D eigenvalue weighted by Gasteiger charge is -2.09. The third-order valence-electron chi connectivity index (χ3n) is 3.14. The summed E-state index contributed by atoms with van der Waals surface area (Å²) in [5.41, 5.74) is 2.14. The summed E-state index contributed by atoms with van der Waals surface area (Å²) in [7, 11) is 0. The fraction of sp³-hybridized carbons (Fsp3) is 0.692. The first-order valence-corrected chi connectivity index (χ1v) is 7.10. The molecule has 0 aliphatic rings. The maximum atomic E-state index is 12.1. The van der Waals surface area contributed by atoms with E-state index in [0.29, 0.717) is 43.1 Å². The third kappa shape index (κ3) is 4.21. The fourth-order valence-corrected chi connectivity index (χ4v) is 2.13.